The van der Waals surface area contributed by atoms with Crippen LogP contribution in [-0.4, -0.2) is 23.2 Å². The Kier molecular flexibility index (Phi) is 2.94. The number of thiazole rings is 1. The molecule has 1 aromatic carbocycles. The van der Waals surface area contributed by atoms with Crippen molar-refractivity contribution < 1.29 is 4.39 Å². The second-order valence-electron chi connectivity index (χ2n) is 4.38. The highest BCUT2D eigenvalue weighted by Gasteiger charge is 2.11. The van der Waals surface area contributed by atoms with Gasteiger partial charge in [0.25, 0.3) is 5.56 Å². The largest absolute Gasteiger partial charge is 0.295 e. The van der Waals surface area contributed by atoms with Gasteiger partial charge < -0.3 is 0 Å². The molecule has 98 valence electrons. The van der Waals surface area contributed by atoms with Crippen LogP contribution >= 0.6 is 11.3 Å². The van der Waals surface area contributed by atoms with Crippen molar-refractivity contribution in [3.05, 3.63) is 55.3 Å². The zero-order valence-corrected chi connectivity index (χ0v) is 11.2. The van der Waals surface area contributed by atoms with E-state index in [0.29, 0.717) is 15.9 Å². The predicted molar refractivity (Wildman–Crippen MR) is 72.0 cm³/mol. The summed E-state index contributed by atoms with van der Waals surface area (Å²) in [7, 11) is 1.89. The van der Waals surface area contributed by atoms with E-state index in [9.17, 15) is 9.18 Å². The summed E-state index contributed by atoms with van der Waals surface area (Å²) in [5, 5.41) is 6.14. The molecule has 1 aliphatic rings. The molecule has 6 heteroatoms. The lowest BCUT2D eigenvalue weighted by Crippen LogP contribution is -2.39. The molecule has 0 spiro atoms. The van der Waals surface area contributed by atoms with Crippen LogP contribution in [0, 0.1) is 5.82 Å². The van der Waals surface area contributed by atoms with E-state index in [1.54, 1.807) is 22.8 Å². The maximum Gasteiger partial charge on any atom is 0.270 e. The highest BCUT2D eigenvalue weighted by Crippen LogP contribution is 2.03. The summed E-state index contributed by atoms with van der Waals surface area (Å²) >= 11 is 1.36. The summed E-state index contributed by atoms with van der Waals surface area (Å²) in [5.41, 5.74) is 0.784. The number of rotatable bonds is 1. The fraction of sp³-hybridized carbons (Fsp3) is 0.231. The Balaban J connectivity index is 2.15. The first-order chi connectivity index (χ1) is 9.13. The van der Waals surface area contributed by atoms with Gasteiger partial charge in [-0.2, -0.15) is 0 Å². The summed E-state index contributed by atoms with van der Waals surface area (Å²) in [6.45, 7) is 1.39. The van der Waals surface area contributed by atoms with E-state index in [1.165, 1.54) is 23.5 Å². The average molecular weight is 277 g/mol. The van der Waals surface area contributed by atoms with Crippen molar-refractivity contribution in [3.8, 4) is 0 Å². The van der Waals surface area contributed by atoms with Gasteiger partial charge in [-0.15, -0.1) is 5.10 Å². The number of fused-ring (bicyclic) bond motifs is 1. The first-order valence-corrected chi connectivity index (χ1v) is 6.72. The molecule has 0 amide bonds. The molecule has 3 rings (SSSR count). The molecule has 0 bridgehead atoms. The Morgan fingerprint density at radius 3 is 2.79 bits per heavy atom. The molecule has 19 heavy (non-hydrogen) atoms. The molecule has 1 aromatic heterocycles. The molecular formula is C13H12FN3OS. The van der Waals surface area contributed by atoms with Gasteiger partial charge in [-0.3, -0.25) is 14.4 Å². The molecule has 0 saturated carbocycles. The second kappa shape index (κ2) is 4.62. The van der Waals surface area contributed by atoms with Gasteiger partial charge in [0.2, 0.25) is 4.80 Å². The third-order valence-electron chi connectivity index (χ3n) is 2.96. The van der Waals surface area contributed by atoms with Crippen LogP contribution in [-0.2, 0) is 6.54 Å². The minimum absolute atomic E-state index is 0.0267. The molecule has 0 saturated heterocycles. The van der Waals surface area contributed by atoms with Crippen LogP contribution in [0.25, 0.3) is 6.08 Å². The number of hydrogen-bond acceptors (Lipinski definition) is 4. The van der Waals surface area contributed by atoms with Crippen LogP contribution in [0.2, 0.25) is 0 Å². The quantitative estimate of drug-likeness (QED) is 0.755. The highest BCUT2D eigenvalue weighted by molar-refractivity contribution is 7.07. The zero-order valence-electron chi connectivity index (χ0n) is 10.3. The molecule has 0 radical (unpaired) electrons. The Hall–Kier alpha value is -1.95. The summed E-state index contributed by atoms with van der Waals surface area (Å²) < 4.78 is 15.1. The van der Waals surface area contributed by atoms with Crippen LogP contribution in [0.1, 0.15) is 5.56 Å². The van der Waals surface area contributed by atoms with Crippen molar-refractivity contribution in [2.24, 2.45) is 5.10 Å². The van der Waals surface area contributed by atoms with E-state index >= 15 is 0 Å². The van der Waals surface area contributed by atoms with Crippen molar-refractivity contribution in [3.63, 3.8) is 0 Å². The topological polar surface area (TPSA) is 37.6 Å². The van der Waals surface area contributed by atoms with Crippen LogP contribution < -0.4 is 14.9 Å². The molecule has 0 N–H and O–H groups in total. The van der Waals surface area contributed by atoms with Gasteiger partial charge in [-0.25, -0.2) is 4.39 Å². The molecular weight excluding hydrogens is 265 g/mol. The maximum absolute atomic E-state index is 12.8. The number of halogens is 1. The van der Waals surface area contributed by atoms with Gasteiger partial charge >= 0.3 is 0 Å². The first-order valence-electron chi connectivity index (χ1n) is 5.90. The van der Waals surface area contributed by atoms with E-state index in [-0.39, 0.29) is 11.4 Å². The van der Waals surface area contributed by atoms with Crippen molar-refractivity contribution >= 4 is 17.4 Å². The second-order valence-corrected chi connectivity index (χ2v) is 5.39. The van der Waals surface area contributed by atoms with Crippen molar-refractivity contribution in [1.29, 1.82) is 0 Å². The van der Waals surface area contributed by atoms with Gasteiger partial charge in [0.05, 0.1) is 11.1 Å². The lowest BCUT2D eigenvalue weighted by Gasteiger charge is -2.16. The van der Waals surface area contributed by atoms with E-state index in [4.69, 9.17) is 0 Å². The molecule has 2 heterocycles. The Labute approximate surface area is 112 Å². The summed E-state index contributed by atoms with van der Waals surface area (Å²) in [5.74, 6) is -0.282. The Bertz CT molecular complexity index is 776. The van der Waals surface area contributed by atoms with E-state index in [2.05, 4.69) is 5.10 Å². The van der Waals surface area contributed by atoms with Gasteiger partial charge in [-0.1, -0.05) is 23.5 Å². The smallest absolute Gasteiger partial charge is 0.270 e. The molecule has 0 atom stereocenters. The van der Waals surface area contributed by atoms with Crippen LogP contribution in [0.3, 0.4) is 0 Å². The summed E-state index contributed by atoms with van der Waals surface area (Å²) in [6, 6.07) is 6.08. The van der Waals surface area contributed by atoms with Gasteiger partial charge in [-0.05, 0) is 23.8 Å². The number of nitrogens with zero attached hydrogens (tertiary/aromatic N) is 3. The van der Waals surface area contributed by atoms with Crippen molar-refractivity contribution in [2.75, 3.05) is 13.6 Å². The van der Waals surface area contributed by atoms with Crippen molar-refractivity contribution in [1.82, 2.24) is 9.58 Å². The average Bonchev–Trinajstić information content (AvgIpc) is 2.68. The number of hydrogen-bond donors (Lipinski definition) is 0. The van der Waals surface area contributed by atoms with E-state index < -0.39 is 0 Å². The molecule has 0 fully saturated rings. The van der Waals surface area contributed by atoms with E-state index in [0.717, 1.165) is 12.1 Å². The third kappa shape index (κ3) is 2.31. The zero-order chi connectivity index (χ0) is 13.4. The predicted octanol–water partition coefficient (Wildman–Crippen LogP) is 0.358. The number of likely N-dealkylation sites (N-methyl/N-ethyl adjacent to an activating group) is 1. The van der Waals surface area contributed by atoms with Crippen LogP contribution in [0.5, 0.6) is 0 Å². The highest BCUT2D eigenvalue weighted by atomic mass is 32.1. The summed E-state index contributed by atoms with van der Waals surface area (Å²) in [4.78, 5) is 12.9. The van der Waals surface area contributed by atoms with Crippen LogP contribution in [0.4, 0.5) is 4.39 Å². The Morgan fingerprint density at radius 2 is 2.05 bits per heavy atom. The van der Waals surface area contributed by atoms with E-state index in [1.807, 2.05) is 12.1 Å². The first kappa shape index (κ1) is 12.1. The molecule has 0 aliphatic carbocycles. The monoisotopic (exact) mass is 277 g/mol. The van der Waals surface area contributed by atoms with Gasteiger partial charge in [0.1, 0.15) is 5.82 Å². The third-order valence-corrected chi connectivity index (χ3v) is 3.96. The van der Waals surface area contributed by atoms with Crippen molar-refractivity contribution in [2.45, 2.75) is 6.54 Å². The molecule has 4 nitrogen and oxygen atoms in total. The molecule has 0 unspecified atom stereocenters. The number of benzene rings is 1. The van der Waals surface area contributed by atoms with Gasteiger partial charge in [0.15, 0.2) is 0 Å². The minimum Gasteiger partial charge on any atom is -0.295 e. The van der Waals surface area contributed by atoms with Crippen LogP contribution in [0.15, 0.2) is 34.2 Å². The lowest BCUT2D eigenvalue weighted by atomic mass is 10.2. The maximum atomic E-state index is 12.8. The fourth-order valence-electron chi connectivity index (χ4n) is 1.93. The minimum atomic E-state index is -0.282. The molecule has 2 aromatic rings. The summed E-state index contributed by atoms with van der Waals surface area (Å²) in [6.07, 6.45) is 1.77. The standard InChI is InChI=1S/C13H12FN3OS/c1-16-6-7-17-12(18)11(19-13(17)15-16)8-9-2-4-10(14)5-3-9/h2-5,8H,6-7H2,1H3/b11-8+. The number of aromatic nitrogens is 1. The fourth-order valence-corrected chi connectivity index (χ4v) is 2.98. The molecule has 1 aliphatic heterocycles. The SMILES string of the molecule is CN1CCn2c(s/c(=C/c3ccc(F)cc3)c2=O)=N1. The lowest BCUT2D eigenvalue weighted by molar-refractivity contribution is 0.290. The normalized spacial score (nSPS) is 15.3. The Morgan fingerprint density at radius 1 is 1.32 bits per heavy atom. The van der Waals surface area contributed by atoms with Gasteiger partial charge in [0, 0.05) is 13.6 Å².